The van der Waals surface area contributed by atoms with Gasteiger partial charge in [0.1, 0.15) is 0 Å². The quantitative estimate of drug-likeness (QED) is 0.515. The van der Waals surface area contributed by atoms with Crippen LogP contribution in [0.1, 0.15) is 13.8 Å². The molecule has 0 aliphatic carbocycles. The van der Waals surface area contributed by atoms with Gasteiger partial charge in [0.25, 0.3) is 0 Å². The summed E-state index contributed by atoms with van der Waals surface area (Å²) in [5.41, 5.74) is 4.69. The van der Waals surface area contributed by atoms with Crippen molar-refractivity contribution in [3.63, 3.8) is 0 Å². The van der Waals surface area contributed by atoms with Gasteiger partial charge in [-0.2, -0.15) is 0 Å². The number of carbonyl (C=O) groups is 2. The molecule has 3 amide bonds. The lowest BCUT2D eigenvalue weighted by Crippen LogP contribution is -2.43. The van der Waals surface area contributed by atoms with Crippen LogP contribution in [0.3, 0.4) is 0 Å². The molecule has 0 unspecified atom stereocenters. The number of rotatable bonds is 6. The molecule has 4 N–H and O–H groups in total. The van der Waals surface area contributed by atoms with Crippen molar-refractivity contribution < 1.29 is 9.59 Å². The van der Waals surface area contributed by atoms with Crippen LogP contribution in [0.5, 0.6) is 0 Å². The van der Waals surface area contributed by atoms with Crippen molar-refractivity contribution in [1.29, 1.82) is 0 Å². The Morgan fingerprint density at radius 2 is 2.31 bits per heavy atom. The van der Waals surface area contributed by atoms with E-state index in [9.17, 15) is 9.59 Å². The lowest BCUT2D eigenvalue weighted by Gasteiger charge is -2.22. The topological polar surface area (TPSA) is 87.5 Å². The second-order valence-electron chi connectivity index (χ2n) is 4.64. The van der Waals surface area contributed by atoms with E-state index in [-0.39, 0.29) is 11.9 Å². The Bertz CT molecular complexity index is 278. The van der Waals surface area contributed by atoms with Crippen molar-refractivity contribution >= 4 is 11.9 Å². The van der Waals surface area contributed by atoms with E-state index in [1.165, 1.54) is 0 Å². The molecule has 6 heteroatoms. The molecule has 1 aliphatic rings. The van der Waals surface area contributed by atoms with Gasteiger partial charge in [-0.05, 0) is 13.8 Å². The van der Waals surface area contributed by atoms with E-state index in [4.69, 9.17) is 5.73 Å². The summed E-state index contributed by atoms with van der Waals surface area (Å²) >= 11 is 0. The summed E-state index contributed by atoms with van der Waals surface area (Å²) in [6.45, 7) is 6.91. The number of hydrogen-bond acceptors (Lipinski definition) is 3. The summed E-state index contributed by atoms with van der Waals surface area (Å²) in [5.74, 6) is -0.320. The molecule has 0 saturated carbocycles. The fourth-order valence-corrected chi connectivity index (χ4v) is 1.43. The molecule has 6 nitrogen and oxygen atoms in total. The van der Waals surface area contributed by atoms with Gasteiger partial charge in [-0.25, -0.2) is 4.79 Å². The highest BCUT2D eigenvalue weighted by atomic mass is 16.2. The largest absolute Gasteiger partial charge is 0.369 e. The number of hydrogen-bond donors (Lipinski definition) is 3. The maximum atomic E-state index is 11.2. The number of carbonyl (C=O) groups excluding carboxylic acids is 2. The first-order valence-electron chi connectivity index (χ1n) is 5.47. The van der Waals surface area contributed by atoms with E-state index >= 15 is 0 Å². The number of nitrogens with one attached hydrogen (secondary N) is 2. The summed E-state index contributed by atoms with van der Waals surface area (Å²) < 4.78 is 0. The van der Waals surface area contributed by atoms with Crippen molar-refractivity contribution in [2.24, 2.45) is 11.1 Å². The van der Waals surface area contributed by atoms with Crippen molar-refractivity contribution in [2.75, 3.05) is 32.7 Å². The van der Waals surface area contributed by atoms with Crippen LogP contribution >= 0.6 is 0 Å². The molecule has 1 saturated heterocycles. The van der Waals surface area contributed by atoms with E-state index < -0.39 is 5.41 Å². The van der Waals surface area contributed by atoms with Crippen LogP contribution in [0.2, 0.25) is 0 Å². The van der Waals surface area contributed by atoms with Crippen LogP contribution in [0, 0.1) is 5.41 Å². The predicted molar refractivity (Wildman–Crippen MR) is 60.8 cm³/mol. The third kappa shape index (κ3) is 3.37. The monoisotopic (exact) mass is 228 g/mol. The molecule has 0 atom stereocenters. The molecule has 0 aromatic rings. The van der Waals surface area contributed by atoms with Gasteiger partial charge in [0.15, 0.2) is 0 Å². The molecule has 92 valence electrons. The molecule has 0 aromatic heterocycles. The van der Waals surface area contributed by atoms with Crippen LogP contribution in [-0.4, -0.2) is 49.6 Å². The van der Waals surface area contributed by atoms with Crippen molar-refractivity contribution in [3.05, 3.63) is 0 Å². The Kier molecular flexibility index (Phi) is 4.12. The van der Waals surface area contributed by atoms with Gasteiger partial charge in [-0.15, -0.1) is 0 Å². The summed E-state index contributed by atoms with van der Waals surface area (Å²) in [5, 5.41) is 5.86. The van der Waals surface area contributed by atoms with Crippen molar-refractivity contribution in [1.82, 2.24) is 15.5 Å². The van der Waals surface area contributed by atoms with E-state index in [0.717, 1.165) is 6.54 Å². The highest BCUT2D eigenvalue weighted by molar-refractivity contribution is 5.80. The second kappa shape index (κ2) is 5.16. The SMILES string of the molecule is CC(C)(CNCCN1CCNC1=O)C(N)=O. The molecule has 0 spiro atoms. The smallest absolute Gasteiger partial charge is 0.317 e. The van der Waals surface area contributed by atoms with Crippen LogP contribution in [0.25, 0.3) is 0 Å². The fraction of sp³-hybridized carbons (Fsp3) is 0.800. The number of nitrogens with two attached hydrogens (primary N) is 1. The van der Waals surface area contributed by atoms with Gasteiger partial charge in [0.2, 0.25) is 5.91 Å². The Hall–Kier alpha value is -1.30. The zero-order chi connectivity index (χ0) is 12.2. The number of amides is 3. The summed E-state index contributed by atoms with van der Waals surface area (Å²) in [7, 11) is 0. The predicted octanol–water partition coefficient (Wildman–Crippen LogP) is -0.887. The minimum atomic E-state index is -0.548. The Balaban J connectivity index is 2.17. The minimum Gasteiger partial charge on any atom is -0.369 e. The number of primary amides is 1. The van der Waals surface area contributed by atoms with E-state index in [2.05, 4.69) is 10.6 Å². The first-order chi connectivity index (χ1) is 7.43. The Labute approximate surface area is 95.5 Å². The zero-order valence-corrected chi connectivity index (χ0v) is 9.88. The molecule has 1 rings (SSSR count). The minimum absolute atomic E-state index is 0.0176. The standard InChI is InChI=1S/C10H20N4O2/c1-10(2,8(11)15)7-12-3-5-14-6-4-13-9(14)16/h12H,3-7H2,1-2H3,(H2,11,15)(H,13,16). The zero-order valence-electron chi connectivity index (χ0n) is 9.88. The van der Waals surface area contributed by atoms with Crippen molar-refractivity contribution in [3.8, 4) is 0 Å². The summed E-state index contributed by atoms with van der Waals surface area (Å²) in [6.07, 6.45) is 0. The maximum absolute atomic E-state index is 11.2. The van der Waals surface area contributed by atoms with Gasteiger partial charge in [0, 0.05) is 32.7 Å². The molecule has 1 aliphatic heterocycles. The lowest BCUT2D eigenvalue weighted by molar-refractivity contribution is -0.125. The average Bonchev–Trinajstić information content (AvgIpc) is 2.59. The van der Waals surface area contributed by atoms with E-state index in [0.29, 0.717) is 26.2 Å². The maximum Gasteiger partial charge on any atom is 0.317 e. The molecule has 0 aromatic carbocycles. The van der Waals surface area contributed by atoms with Gasteiger partial charge in [0.05, 0.1) is 5.41 Å². The molecule has 16 heavy (non-hydrogen) atoms. The number of nitrogens with zero attached hydrogens (tertiary/aromatic N) is 1. The first kappa shape index (κ1) is 12.8. The highest BCUT2D eigenvalue weighted by Gasteiger charge is 2.24. The van der Waals surface area contributed by atoms with Gasteiger partial charge < -0.3 is 21.3 Å². The Morgan fingerprint density at radius 1 is 1.62 bits per heavy atom. The molecule has 0 bridgehead atoms. The van der Waals surface area contributed by atoms with E-state index in [1.54, 1.807) is 18.7 Å². The molecular weight excluding hydrogens is 208 g/mol. The molecule has 1 fully saturated rings. The van der Waals surface area contributed by atoms with Gasteiger partial charge in [-0.1, -0.05) is 0 Å². The van der Waals surface area contributed by atoms with E-state index in [1.807, 2.05) is 0 Å². The lowest BCUT2D eigenvalue weighted by atomic mass is 9.93. The average molecular weight is 228 g/mol. The normalized spacial score (nSPS) is 16.4. The third-order valence-corrected chi connectivity index (χ3v) is 2.74. The fourth-order valence-electron chi connectivity index (χ4n) is 1.43. The van der Waals surface area contributed by atoms with Crippen LogP contribution in [0.15, 0.2) is 0 Å². The summed E-state index contributed by atoms with van der Waals surface area (Å²) in [4.78, 5) is 24.0. The second-order valence-corrected chi connectivity index (χ2v) is 4.64. The van der Waals surface area contributed by atoms with Gasteiger partial charge >= 0.3 is 6.03 Å². The van der Waals surface area contributed by atoms with Crippen LogP contribution in [-0.2, 0) is 4.79 Å². The number of urea groups is 1. The summed E-state index contributed by atoms with van der Waals surface area (Å²) in [6, 6.07) is -0.0176. The molecule has 1 heterocycles. The first-order valence-corrected chi connectivity index (χ1v) is 5.47. The molecular formula is C10H20N4O2. The molecule has 0 radical (unpaired) electrons. The van der Waals surface area contributed by atoms with Crippen LogP contribution in [0.4, 0.5) is 4.79 Å². The van der Waals surface area contributed by atoms with Gasteiger partial charge in [-0.3, -0.25) is 4.79 Å². The highest BCUT2D eigenvalue weighted by Crippen LogP contribution is 2.11. The Morgan fingerprint density at radius 3 is 2.81 bits per heavy atom. The van der Waals surface area contributed by atoms with Crippen LogP contribution < -0.4 is 16.4 Å². The third-order valence-electron chi connectivity index (χ3n) is 2.74. The van der Waals surface area contributed by atoms with Crippen molar-refractivity contribution in [2.45, 2.75) is 13.8 Å².